The molecule has 1 unspecified atom stereocenters. The van der Waals surface area contributed by atoms with Crippen molar-refractivity contribution in [2.45, 2.75) is 39.5 Å². The first-order valence-corrected chi connectivity index (χ1v) is 9.23. The number of hydrogen-bond donors (Lipinski definition) is 1. The minimum atomic E-state index is 0.232. The maximum atomic E-state index is 10.1. The van der Waals surface area contributed by atoms with Crippen molar-refractivity contribution >= 4 is 0 Å². The Morgan fingerprint density at radius 3 is 2.23 bits per heavy atom. The summed E-state index contributed by atoms with van der Waals surface area (Å²) in [5, 5.41) is 10.1. The zero-order valence-corrected chi connectivity index (χ0v) is 16.2. The molecule has 26 heavy (non-hydrogen) atoms. The molecule has 1 N–H and O–H groups in total. The van der Waals surface area contributed by atoms with Crippen molar-refractivity contribution in [1.82, 2.24) is 0 Å². The molecule has 2 aromatic carbocycles. The van der Waals surface area contributed by atoms with Gasteiger partial charge in [0.05, 0.1) is 20.8 Å². The summed E-state index contributed by atoms with van der Waals surface area (Å²) >= 11 is 0. The lowest BCUT2D eigenvalue weighted by atomic mass is 9.96. The zero-order chi connectivity index (χ0) is 18.9. The number of benzene rings is 2. The van der Waals surface area contributed by atoms with E-state index >= 15 is 0 Å². The first kappa shape index (κ1) is 20.0. The maximum absolute atomic E-state index is 10.1. The summed E-state index contributed by atoms with van der Waals surface area (Å²) < 4.78 is 16.5. The summed E-state index contributed by atoms with van der Waals surface area (Å²) in [5.41, 5.74) is 2.04. The number of aromatic hydroxyl groups is 1. The maximum Gasteiger partial charge on any atom is 0.126 e. The molecule has 0 saturated carbocycles. The van der Waals surface area contributed by atoms with Crippen molar-refractivity contribution in [1.29, 1.82) is 0 Å². The predicted molar refractivity (Wildman–Crippen MR) is 105 cm³/mol. The van der Waals surface area contributed by atoms with Crippen molar-refractivity contribution in [2.24, 2.45) is 5.92 Å². The van der Waals surface area contributed by atoms with Crippen molar-refractivity contribution < 1.29 is 19.3 Å². The van der Waals surface area contributed by atoms with Gasteiger partial charge >= 0.3 is 0 Å². The minimum Gasteiger partial charge on any atom is -0.508 e. The van der Waals surface area contributed by atoms with Gasteiger partial charge in [-0.2, -0.15) is 0 Å². The third kappa shape index (κ3) is 5.58. The smallest absolute Gasteiger partial charge is 0.126 e. The Morgan fingerprint density at radius 2 is 1.62 bits per heavy atom. The van der Waals surface area contributed by atoms with Crippen LogP contribution in [0.4, 0.5) is 0 Å². The van der Waals surface area contributed by atoms with Crippen molar-refractivity contribution in [2.75, 3.05) is 20.8 Å². The molecule has 2 aromatic rings. The summed E-state index contributed by atoms with van der Waals surface area (Å²) in [7, 11) is 3.25. The van der Waals surface area contributed by atoms with Gasteiger partial charge in [0.15, 0.2) is 0 Å². The Balaban J connectivity index is 2.05. The van der Waals surface area contributed by atoms with Crippen LogP contribution in [0.2, 0.25) is 0 Å². The van der Waals surface area contributed by atoms with Crippen molar-refractivity contribution in [3.05, 3.63) is 47.5 Å². The van der Waals surface area contributed by atoms with Gasteiger partial charge in [-0.15, -0.1) is 0 Å². The summed E-state index contributed by atoms with van der Waals surface area (Å²) in [4.78, 5) is 0. The SMILES string of the molecule is CCCC(C)Cc1ccc(OC)cc1OCCc1ccc(OC)cc1O. The van der Waals surface area contributed by atoms with Gasteiger partial charge in [0, 0.05) is 18.6 Å². The fraction of sp³-hybridized carbons (Fsp3) is 0.455. The molecular weight excluding hydrogens is 328 g/mol. The topological polar surface area (TPSA) is 47.9 Å². The highest BCUT2D eigenvalue weighted by molar-refractivity contribution is 5.42. The number of rotatable bonds is 10. The molecular formula is C22H30O4. The quantitative estimate of drug-likeness (QED) is 0.648. The average Bonchev–Trinajstić information content (AvgIpc) is 2.64. The van der Waals surface area contributed by atoms with Crippen molar-refractivity contribution in [3.63, 3.8) is 0 Å². The van der Waals surface area contributed by atoms with E-state index in [0.29, 0.717) is 24.7 Å². The molecule has 0 aromatic heterocycles. The summed E-state index contributed by atoms with van der Waals surface area (Å²) in [6.07, 6.45) is 3.99. The molecule has 0 aliphatic heterocycles. The molecule has 0 aliphatic carbocycles. The molecule has 2 rings (SSSR count). The molecule has 0 aliphatic rings. The lowest BCUT2D eigenvalue weighted by Crippen LogP contribution is -2.06. The fourth-order valence-electron chi connectivity index (χ4n) is 3.09. The van der Waals surface area contributed by atoms with Gasteiger partial charge in [-0.1, -0.05) is 38.8 Å². The molecule has 0 spiro atoms. The summed E-state index contributed by atoms with van der Waals surface area (Å²) in [6.45, 7) is 4.97. The largest absolute Gasteiger partial charge is 0.508 e. The molecule has 4 nitrogen and oxygen atoms in total. The molecule has 4 heteroatoms. The summed E-state index contributed by atoms with van der Waals surface area (Å²) in [6, 6.07) is 11.4. The Bertz CT molecular complexity index is 697. The van der Waals surface area contributed by atoms with Gasteiger partial charge in [-0.3, -0.25) is 0 Å². The summed E-state index contributed by atoms with van der Waals surface area (Å²) in [5.74, 6) is 3.14. The van der Waals surface area contributed by atoms with Gasteiger partial charge in [0.2, 0.25) is 0 Å². The van der Waals surface area contributed by atoms with E-state index in [-0.39, 0.29) is 5.75 Å². The van der Waals surface area contributed by atoms with Crippen LogP contribution in [0, 0.1) is 5.92 Å². The van der Waals surface area contributed by atoms with Gasteiger partial charge in [-0.05, 0) is 35.6 Å². The number of ether oxygens (including phenoxy) is 3. The third-order valence-electron chi connectivity index (χ3n) is 4.55. The Labute approximate surface area is 156 Å². The fourth-order valence-corrected chi connectivity index (χ4v) is 3.09. The van der Waals surface area contributed by atoms with E-state index in [9.17, 15) is 5.11 Å². The molecule has 0 fully saturated rings. The Morgan fingerprint density at radius 1 is 0.962 bits per heavy atom. The highest BCUT2D eigenvalue weighted by Crippen LogP contribution is 2.29. The number of phenols is 1. The Hall–Kier alpha value is -2.36. The zero-order valence-electron chi connectivity index (χ0n) is 16.2. The van der Waals surface area contributed by atoms with Crippen LogP contribution < -0.4 is 14.2 Å². The van der Waals surface area contributed by atoms with E-state index in [2.05, 4.69) is 19.9 Å². The van der Waals surface area contributed by atoms with Gasteiger partial charge in [-0.25, -0.2) is 0 Å². The van der Waals surface area contributed by atoms with Crippen molar-refractivity contribution in [3.8, 4) is 23.0 Å². The highest BCUT2D eigenvalue weighted by Gasteiger charge is 2.11. The van der Waals surface area contributed by atoms with Crippen LogP contribution in [0.15, 0.2) is 36.4 Å². The second-order valence-corrected chi connectivity index (χ2v) is 6.66. The van der Waals surface area contributed by atoms with Gasteiger partial charge in [0.25, 0.3) is 0 Å². The molecule has 0 bridgehead atoms. The van der Waals surface area contributed by atoms with Crippen LogP contribution in [0.3, 0.4) is 0 Å². The second-order valence-electron chi connectivity index (χ2n) is 6.66. The van der Waals surface area contributed by atoms with E-state index in [4.69, 9.17) is 14.2 Å². The number of hydrogen-bond acceptors (Lipinski definition) is 4. The van der Waals surface area contributed by atoms with Crippen LogP contribution in [0.1, 0.15) is 37.8 Å². The highest BCUT2D eigenvalue weighted by atomic mass is 16.5. The first-order chi connectivity index (χ1) is 12.6. The Kier molecular flexibility index (Phi) is 7.64. The number of phenolic OH excluding ortho intramolecular Hbond substituents is 1. The molecule has 0 radical (unpaired) electrons. The predicted octanol–water partition coefficient (Wildman–Crippen LogP) is 5.01. The molecule has 1 atom stereocenters. The molecule has 0 saturated heterocycles. The van der Waals surface area contributed by atoms with E-state index in [1.165, 1.54) is 18.4 Å². The van der Waals surface area contributed by atoms with Crippen LogP contribution in [0.5, 0.6) is 23.0 Å². The third-order valence-corrected chi connectivity index (χ3v) is 4.55. The van der Waals surface area contributed by atoms with E-state index in [1.807, 2.05) is 24.3 Å². The standard InChI is InChI=1S/C22H30O4/c1-5-6-16(2)13-18-8-10-20(25-4)15-22(18)26-12-11-17-7-9-19(24-3)14-21(17)23/h7-10,14-16,23H,5-6,11-13H2,1-4H3. The van der Waals surface area contributed by atoms with Crippen LogP contribution in [-0.4, -0.2) is 25.9 Å². The normalized spacial score (nSPS) is 11.8. The van der Waals surface area contributed by atoms with Gasteiger partial charge in [0.1, 0.15) is 23.0 Å². The van der Waals surface area contributed by atoms with E-state index in [1.54, 1.807) is 20.3 Å². The second kappa shape index (κ2) is 9.95. The molecule has 0 heterocycles. The van der Waals surface area contributed by atoms with E-state index in [0.717, 1.165) is 23.5 Å². The molecule has 0 amide bonds. The van der Waals surface area contributed by atoms with Crippen LogP contribution in [-0.2, 0) is 12.8 Å². The first-order valence-electron chi connectivity index (χ1n) is 9.23. The number of methoxy groups -OCH3 is 2. The van der Waals surface area contributed by atoms with Crippen LogP contribution >= 0.6 is 0 Å². The lowest BCUT2D eigenvalue weighted by Gasteiger charge is -2.16. The minimum absolute atomic E-state index is 0.232. The average molecular weight is 358 g/mol. The monoisotopic (exact) mass is 358 g/mol. The van der Waals surface area contributed by atoms with Gasteiger partial charge < -0.3 is 19.3 Å². The van der Waals surface area contributed by atoms with E-state index < -0.39 is 0 Å². The van der Waals surface area contributed by atoms with Crippen LogP contribution in [0.25, 0.3) is 0 Å². The molecule has 142 valence electrons. The lowest BCUT2D eigenvalue weighted by molar-refractivity contribution is 0.311.